The topological polar surface area (TPSA) is 69.2 Å². The fourth-order valence-corrected chi connectivity index (χ4v) is 3.01. The summed E-state index contributed by atoms with van der Waals surface area (Å²) in [5, 5.41) is 7.01. The average Bonchev–Trinajstić information content (AvgIpc) is 2.70. The molecule has 28 heavy (non-hydrogen) atoms. The summed E-state index contributed by atoms with van der Waals surface area (Å²) in [7, 11) is 1.70. The second-order valence-electron chi connectivity index (χ2n) is 6.25. The minimum absolute atomic E-state index is 0. The molecule has 1 fully saturated rings. The molecule has 7 nitrogen and oxygen atoms in total. The molecule has 1 saturated heterocycles. The predicted octanol–water partition coefficient (Wildman–Crippen LogP) is 2.20. The van der Waals surface area contributed by atoms with Gasteiger partial charge < -0.3 is 25.2 Å². The first-order chi connectivity index (χ1) is 13.1. The molecule has 0 radical (unpaired) electrons. The molecule has 2 N–H and O–H groups in total. The zero-order chi connectivity index (χ0) is 19.5. The van der Waals surface area contributed by atoms with Gasteiger partial charge in [-0.3, -0.25) is 9.79 Å². The number of halogens is 2. The number of nitrogens with zero attached hydrogens (tertiary/aromatic N) is 3. The number of rotatable bonds is 8. The molecule has 1 amide bonds. The molecular weight excluding hydrogens is 493 g/mol. The van der Waals surface area contributed by atoms with Crippen LogP contribution in [0.15, 0.2) is 29.3 Å². The van der Waals surface area contributed by atoms with Crippen molar-refractivity contribution in [1.29, 1.82) is 0 Å². The van der Waals surface area contributed by atoms with Crippen LogP contribution in [-0.4, -0.2) is 76.3 Å². The van der Waals surface area contributed by atoms with Gasteiger partial charge in [-0.15, -0.1) is 24.0 Å². The van der Waals surface area contributed by atoms with Crippen molar-refractivity contribution in [2.45, 2.75) is 13.3 Å². The highest BCUT2D eigenvalue weighted by Crippen LogP contribution is 2.19. The number of guanidine groups is 1. The van der Waals surface area contributed by atoms with E-state index >= 15 is 0 Å². The SMILES string of the molecule is CCOCCCNC(=NC)NCC(=O)N1CCN(c2ccc(Cl)cc2)CC1.I. The molecule has 0 saturated carbocycles. The Balaban J connectivity index is 0.00000392. The molecule has 1 aromatic rings. The van der Waals surface area contributed by atoms with Crippen molar-refractivity contribution in [2.75, 3.05) is 64.4 Å². The van der Waals surface area contributed by atoms with E-state index in [1.165, 1.54) is 0 Å². The molecule has 9 heteroatoms. The van der Waals surface area contributed by atoms with Crippen LogP contribution in [0.1, 0.15) is 13.3 Å². The zero-order valence-corrected chi connectivity index (χ0v) is 19.7. The maximum absolute atomic E-state index is 12.4. The van der Waals surface area contributed by atoms with Gasteiger partial charge in [0.1, 0.15) is 0 Å². The van der Waals surface area contributed by atoms with Crippen LogP contribution in [-0.2, 0) is 9.53 Å². The summed E-state index contributed by atoms with van der Waals surface area (Å²) in [6, 6.07) is 7.82. The second-order valence-corrected chi connectivity index (χ2v) is 6.68. The third-order valence-electron chi connectivity index (χ3n) is 4.42. The highest BCUT2D eigenvalue weighted by Gasteiger charge is 2.21. The number of carbonyl (C=O) groups is 1. The van der Waals surface area contributed by atoms with E-state index in [4.69, 9.17) is 16.3 Å². The van der Waals surface area contributed by atoms with Gasteiger partial charge in [0.05, 0.1) is 6.54 Å². The number of anilines is 1. The molecule has 1 aliphatic rings. The summed E-state index contributed by atoms with van der Waals surface area (Å²) >= 11 is 5.94. The normalized spacial score (nSPS) is 14.5. The van der Waals surface area contributed by atoms with E-state index < -0.39 is 0 Å². The van der Waals surface area contributed by atoms with E-state index in [1.807, 2.05) is 36.1 Å². The molecular formula is C19H31ClIN5O2. The molecule has 1 aromatic carbocycles. The number of amides is 1. The summed E-state index contributed by atoms with van der Waals surface area (Å²) in [5.74, 6) is 0.725. The van der Waals surface area contributed by atoms with Gasteiger partial charge in [-0.25, -0.2) is 0 Å². The van der Waals surface area contributed by atoms with Crippen molar-refractivity contribution in [3.05, 3.63) is 29.3 Å². The summed E-state index contributed by atoms with van der Waals surface area (Å²) in [5.41, 5.74) is 1.14. The molecule has 1 heterocycles. The molecule has 0 bridgehead atoms. The van der Waals surface area contributed by atoms with Crippen LogP contribution < -0.4 is 15.5 Å². The Morgan fingerprint density at radius 1 is 1.18 bits per heavy atom. The van der Waals surface area contributed by atoms with Crippen LogP contribution in [0.2, 0.25) is 5.02 Å². The highest BCUT2D eigenvalue weighted by molar-refractivity contribution is 14.0. The van der Waals surface area contributed by atoms with Crippen LogP contribution in [0, 0.1) is 0 Å². The van der Waals surface area contributed by atoms with E-state index in [0.717, 1.165) is 50.0 Å². The predicted molar refractivity (Wildman–Crippen MR) is 126 cm³/mol. The Morgan fingerprint density at radius 3 is 2.46 bits per heavy atom. The Hall–Kier alpha value is -1.26. The lowest BCUT2D eigenvalue weighted by molar-refractivity contribution is -0.130. The van der Waals surface area contributed by atoms with Gasteiger partial charge in [0.25, 0.3) is 0 Å². The smallest absolute Gasteiger partial charge is 0.242 e. The van der Waals surface area contributed by atoms with E-state index in [1.54, 1.807) is 7.05 Å². The lowest BCUT2D eigenvalue weighted by atomic mass is 10.2. The third-order valence-corrected chi connectivity index (χ3v) is 4.67. The van der Waals surface area contributed by atoms with Gasteiger partial charge in [0.2, 0.25) is 5.91 Å². The Morgan fingerprint density at radius 2 is 1.86 bits per heavy atom. The third kappa shape index (κ3) is 8.40. The average molecular weight is 524 g/mol. The lowest BCUT2D eigenvalue weighted by Crippen LogP contribution is -2.52. The first kappa shape index (κ1) is 24.8. The van der Waals surface area contributed by atoms with Crippen molar-refractivity contribution in [2.24, 2.45) is 4.99 Å². The number of nitrogens with one attached hydrogen (secondary N) is 2. The van der Waals surface area contributed by atoms with Crippen molar-refractivity contribution < 1.29 is 9.53 Å². The quantitative estimate of drug-likeness (QED) is 0.237. The number of benzene rings is 1. The summed E-state index contributed by atoms with van der Waals surface area (Å²) in [6.07, 6.45) is 0.898. The molecule has 1 aliphatic heterocycles. The highest BCUT2D eigenvalue weighted by atomic mass is 127. The molecule has 0 spiro atoms. The van der Waals surface area contributed by atoms with Gasteiger partial charge in [-0.1, -0.05) is 11.6 Å². The number of piperazine rings is 1. The van der Waals surface area contributed by atoms with Gasteiger partial charge in [-0.2, -0.15) is 0 Å². The Bertz CT molecular complexity index is 607. The van der Waals surface area contributed by atoms with Crippen molar-refractivity contribution in [3.8, 4) is 0 Å². The zero-order valence-electron chi connectivity index (χ0n) is 16.6. The number of hydrogen-bond donors (Lipinski definition) is 2. The molecule has 2 rings (SSSR count). The van der Waals surface area contributed by atoms with E-state index in [9.17, 15) is 4.79 Å². The fourth-order valence-electron chi connectivity index (χ4n) is 2.88. The number of hydrogen-bond acceptors (Lipinski definition) is 4. The first-order valence-electron chi connectivity index (χ1n) is 9.44. The first-order valence-corrected chi connectivity index (χ1v) is 9.82. The molecule has 158 valence electrons. The van der Waals surface area contributed by atoms with Crippen molar-refractivity contribution >= 4 is 53.1 Å². The van der Waals surface area contributed by atoms with Crippen LogP contribution in [0.25, 0.3) is 0 Å². The van der Waals surface area contributed by atoms with Crippen LogP contribution in [0.5, 0.6) is 0 Å². The lowest BCUT2D eigenvalue weighted by Gasteiger charge is -2.36. The van der Waals surface area contributed by atoms with Crippen molar-refractivity contribution in [1.82, 2.24) is 15.5 Å². The summed E-state index contributed by atoms with van der Waals surface area (Å²) < 4.78 is 5.30. The van der Waals surface area contributed by atoms with E-state index in [2.05, 4.69) is 20.5 Å². The maximum Gasteiger partial charge on any atom is 0.242 e. The molecule has 0 aliphatic carbocycles. The monoisotopic (exact) mass is 523 g/mol. The second kappa shape index (κ2) is 13.8. The van der Waals surface area contributed by atoms with Crippen LogP contribution >= 0.6 is 35.6 Å². The Kier molecular flexibility index (Phi) is 12.2. The number of carbonyl (C=O) groups excluding carboxylic acids is 1. The van der Waals surface area contributed by atoms with Gasteiger partial charge in [0.15, 0.2) is 5.96 Å². The minimum atomic E-state index is 0. The van der Waals surface area contributed by atoms with E-state index in [-0.39, 0.29) is 36.4 Å². The standard InChI is InChI=1S/C19H30ClN5O2.HI/c1-3-27-14-4-9-22-19(21-2)23-15-18(26)25-12-10-24(11-13-25)17-7-5-16(20)6-8-17;/h5-8H,3-4,9-15H2,1-2H3,(H2,21,22,23);1H. The largest absolute Gasteiger partial charge is 0.382 e. The molecule has 0 aromatic heterocycles. The fraction of sp³-hybridized carbons (Fsp3) is 0.579. The van der Waals surface area contributed by atoms with Crippen molar-refractivity contribution in [3.63, 3.8) is 0 Å². The van der Waals surface area contributed by atoms with E-state index in [0.29, 0.717) is 19.0 Å². The summed E-state index contributed by atoms with van der Waals surface area (Å²) in [6.45, 7) is 7.49. The molecule has 0 atom stereocenters. The number of aliphatic imine (C=N–C) groups is 1. The molecule has 0 unspecified atom stereocenters. The van der Waals surface area contributed by atoms with Crippen LogP contribution in [0.4, 0.5) is 5.69 Å². The summed E-state index contributed by atoms with van der Waals surface area (Å²) in [4.78, 5) is 20.8. The number of ether oxygens (including phenoxy) is 1. The van der Waals surface area contributed by atoms with Crippen LogP contribution in [0.3, 0.4) is 0 Å². The van der Waals surface area contributed by atoms with Gasteiger partial charge in [-0.05, 0) is 37.6 Å². The minimum Gasteiger partial charge on any atom is -0.382 e. The van der Waals surface area contributed by atoms with Gasteiger partial charge in [0, 0.05) is 63.7 Å². The van der Waals surface area contributed by atoms with Gasteiger partial charge >= 0.3 is 0 Å². The Labute approximate surface area is 189 Å². The maximum atomic E-state index is 12.4.